The van der Waals surface area contributed by atoms with E-state index in [2.05, 4.69) is 15.3 Å². The lowest BCUT2D eigenvalue weighted by Gasteiger charge is -2.24. The quantitative estimate of drug-likeness (QED) is 0.785. The number of aryl methyl sites for hydroxylation is 1. The Labute approximate surface area is 142 Å². The van der Waals surface area contributed by atoms with E-state index in [1.807, 2.05) is 6.92 Å². The van der Waals surface area contributed by atoms with Crippen LogP contribution in [0.5, 0.6) is 0 Å². The maximum atomic E-state index is 11.7. The van der Waals surface area contributed by atoms with Crippen molar-refractivity contribution >= 4 is 31.4 Å². The molecule has 10 heteroatoms. The molecular formula is C14H22N4O4S2. The topological polar surface area (TPSA) is 109 Å². The number of aromatic nitrogens is 2. The first-order chi connectivity index (χ1) is 11.1. The maximum absolute atomic E-state index is 11.7. The van der Waals surface area contributed by atoms with Crippen molar-refractivity contribution in [1.29, 1.82) is 0 Å². The van der Waals surface area contributed by atoms with Gasteiger partial charge in [0.15, 0.2) is 19.7 Å². The van der Waals surface area contributed by atoms with Crippen LogP contribution in [0.1, 0.15) is 18.5 Å². The summed E-state index contributed by atoms with van der Waals surface area (Å²) in [6.45, 7) is 1.83. The summed E-state index contributed by atoms with van der Waals surface area (Å²) in [5, 5.41) is 3.16. The predicted molar refractivity (Wildman–Crippen MR) is 92.9 cm³/mol. The lowest BCUT2D eigenvalue weighted by atomic mass is 10.2. The molecule has 0 radical (unpaired) electrons. The van der Waals surface area contributed by atoms with Gasteiger partial charge in [-0.25, -0.2) is 21.8 Å². The fourth-order valence-electron chi connectivity index (χ4n) is 3.15. The maximum Gasteiger partial charge on any atom is 0.227 e. The highest BCUT2D eigenvalue weighted by Crippen LogP contribution is 2.23. The Balaban J connectivity index is 1.76. The van der Waals surface area contributed by atoms with Crippen LogP contribution in [0.4, 0.5) is 11.8 Å². The second kappa shape index (κ2) is 6.14. The Morgan fingerprint density at radius 1 is 1.08 bits per heavy atom. The van der Waals surface area contributed by atoms with Crippen LogP contribution in [-0.4, -0.2) is 68.9 Å². The lowest BCUT2D eigenvalue weighted by Crippen LogP contribution is -2.34. The van der Waals surface area contributed by atoms with Gasteiger partial charge in [0.25, 0.3) is 0 Å². The highest BCUT2D eigenvalue weighted by atomic mass is 32.2. The Morgan fingerprint density at radius 2 is 1.75 bits per heavy atom. The van der Waals surface area contributed by atoms with Crippen LogP contribution in [0.2, 0.25) is 0 Å². The summed E-state index contributed by atoms with van der Waals surface area (Å²) in [6.07, 6.45) is 1.14. The first-order valence-electron chi connectivity index (χ1n) is 7.89. The third-order valence-corrected chi connectivity index (χ3v) is 8.02. The van der Waals surface area contributed by atoms with Crippen molar-refractivity contribution < 1.29 is 16.8 Å². The van der Waals surface area contributed by atoms with Gasteiger partial charge in [-0.2, -0.15) is 4.98 Å². The molecule has 1 aromatic rings. The molecule has 2 unspecified atom stereocenters. The van der Waals surface area contributed by atoms with Gasteiger partial charge in [0, 0.05) is 30.9 Å². The summed E-state index contributed by atoms with van der Waals surface area (Å²) in [6, 6.07) is 1.50. The van der Waals surface area contributed by atoms with E-state index in [4.69, 9.17) is 0 Å². The van der Waals surface area contributed by atoms with Gasteiger partial charge in [-0.15, -0.1) is 0 Å². The molecule has 8 nitrogen and oxygen atoms in total. The molecule has 0 bridgehead atoms. The van der Waals surface area contributed by atoms with E-state index >= 15 is 0 Å². The Kier molecular flexibility index (Phi) is 4.45. The van der Waals surface area contributed by atoms with Gasteiger partial charge < -0.3 is 10.2 Å². The standard InChI is InChI=1S/C14H22N4O4S2/c1-10-7-13(16-11-3-5-23(19,20)8-11)17-14(15-10)18(2)12-4-6-24(21,22)9-12/h7,11-12H,3-6,8-9H2,1-2H3,(H,15,16,17). The third kappa shape index (κ3) is 3.97. The van der Waals surface area contributed by atoms with E-state index in [-0.39, 0.29) is 35.1 Å². The summed E-state index contributed by atoms with van der Waals surface area (Å²) < 4.78 is 46.5. The van der Waals surface area contributed by atoms with Crippen molar-refractivity contribution in [3.63, 3.8) is 0 Å². The van der Waals surface area contributed by atoms with Gasteiger partial charge >= 0.3 is 0 Å². The van der Waals surface area contributed by atoms with E-state index in [0.29, 0.717) is 24.6 Å². The van der Waals surface area contributed by atoms with Crippen molar-refractivity contribution in [2.45, 2.75) is 31.8 Å². The fourth-order valence-corrected chi connectivity index (χ4v) is 6.59. The minimum Gasteiger partial charge on any atom is -0.366 e. The highest BCUT2D eigenvalue weighted by Gasteiger charge is 2.32. The van der Waals surface area contributed by atoms with Gasteiger partial charge in [-0.1, -0.05) is 0 Å². The summed E-state index contributed by atoms with van der Waals surface area (Å²) >= 11 is 0. The van der Waals surface area contributed by atoms with Gasteiger partial charge in [0.1, 0.15) is 5.82 Å². The Morgan fingerprint density at radius 3 is 2.33 bits per heavy atom. The van der Waals surface area contributed by atoms with Crippen molar-refractivity contribution in [2.24, 2.45) is 0 Å². The molecule has 1 N–H and O–H groups in total. The molecule has 0 saturated carbocycles. The van der Waals surface area contributed by atoms with E-state index in [1.165, 1.54) is 0 Å². The van der Waals surface area contributed by atoms with Gasteiger partial charge in [-0.05, 0) is 19.8 Å². The first kappa shape index (κ1) is 17.4. The molecule has 2 fully saturated rings. The molecule has 2 atom stereocenters. The van der Waals surface area contributed by atoms with Crippen LogP contribution in [0, 0.1) is 6.92 Å². The molecule has 1 aromatic heterocycles. The van der Waals surface area contributed by atoms with E-state index < -0.39 is 19.7 Å². The third-order valence-electron chi connectivity index (χ3n) is 4.50. The van der Waals surface area contributed by atoms with Gasteiger partial charge in [-0.3, -0.25) is 0 Å². The summed E-state index contributed by atoms with van der Waals surface area (Å²) in [7, 11) is -4.15. The van der Waals surface area contributed by atoms with Crippen LogP contribution in [0.3, 0.4) is 0 Å². The van der Waals surface area contributed by atoms with Crippen molar-refractivity contribution in [3.05, 3.63) is 11.8 Å². The molecule has 134 valence electrons. The molecule has 0 amide bonds. The number of sulfone groups is 2. The number of rotatable bonds is 4. The molecule has 0 spiro atoms. The second-order valence-electron chi connectivity index (χ2n) is 6.61. The van der Waals surface area contributed by atoms with Crippen LogP contribution < -0.4 is 10.2 Å². The predicted octanol–water partition coefficient (Wildman–Crippen LogP) is 0.00732. The van der Waals surface area contributed by atoms with Crippen molar-refractivity contribution in [1.82, 2.24) is 9.97 Å². The Hall–Kier alpha value is -1.42. The number of nitrogens with one attached hydrogen (secondary N) is 1. The molecule has 2 aliphatic heterocycles. The average Bonchev–Trinajstić information content (AvgIpc) is 2.99. The van der Waals surface area contributed by atoms with E-state index in [1.54, 1.807) is 18.0 Å². The van der Waals surface area contributed by atoms with E-state index in [0.717, 1.165) is 5.69 Å². The molecule has 0 aromatic carbocycles. The summed E-state index contributed by atoms with van der Waals surface area (Å²) in [4.78, 5) is 10.6. The average molecular weight is 374 g/mol. The zero-order valence-electron chi connectivity index (χ0n) is 13.8. The molecule has 3 rings (SSSR count). The number of hydrogen-bond acceptors (Lipinski definition) is 8. The summed E-state index contributed by atoms with van der Waals surface area (Å²) in [5.41, 5.74) is 0.746. The fraction of sp³-hybridized carbons (Fsp3) is 0.714. The molecule has 24 heavy (non-hydrogen) atoms. The first-order valence-corrected chi connectivity index (χ1v) is 11.5. The minimum absolute atomic E-state index is 0.113. The van der Waals surface area contributed by atoms with Gasteiger partial charge in [0.2, 0.25) is 5.95 Å². The Bertz CT molecular complexity index is 838. The van der Waals surface area contributed by atoms with Crippen LogP contribution in [0.15, 0.2) is 6.07 Å². The molecule has 0 aliphatic carbocycles. The molecule has 2 aliphatic rings. The monoisotopic (exact) mass is 374 g/mol. The number of hydrogen-bond donors (Lipinski definition) is 1. The second-order valence-corrected chi connectivity index (χ2v) is 11.1. The molecule has 2 saturated heterocycles. The van der Waals surface area contributed by atoms with Crippen LogP contribution in [0.25, 0.3) is 0 Å². The largest absolute Gasteiger partial charge is 0.366 e. The van der Waals surface area contributed by atoms with E-state index in [9.17, 15) is 16.8 Å². The van der Waals surface area contributed by atoms with Crippen LogP contribution in [-0.2, 0) is 19.7 Å². The van der Waals surface area contributed by atoms with Crippen molar-refractivity contribution in [3.8, 4) is 0 Å². The number of nitrogens with zero attached hydrogens (tertiary/aromatic N) is 3. The summed E-state index contributed by atoms with van der Waals surface area (Å²) in [5.74, 6) is 1.65. The number of anilines is 2. The minimum atomic E-state index is -2.98. The molecule has 3 heterocycles. The zero-order valence-corrected chi connectivity index (χ0v) is 15.4. The van der Waals surface area contributed by atoms with Crippen molar-refractivity contribution in [2.75, 3.05) is 40.3 Å². The molecular weight excluding hydrogens is 352 g/mol. The van der Waals surface area contributed by atoms with Gasteiger partial charge in [0.05, 0.1) is 23.0 Å². The zero-order chi connectivity index (χ0) is 17.5. The van der Waals surface area contributed by atoms with Crippen LogP contribution >= 0.6 is 0 Å². The smallest absolute Gasteiger partial charge is 0.227 e. The highest BCUT2D eigenvalue weighted by molar-refractivity contribution is 7.91. The lowest BCUT2D eigenvalue weighted by molar-refractivity contribution is 0.599. The normalized spacial score (nSPS) is 27.9. The SMILES string of the molecule is Cc1cc(NC2CCS(=O)(=O)C2)nc(N(C)C2CCS(=O)(=O)C2)n1.